The van der Waals surface area contributed by atoms with Crippen LogP contribution >= 0.6 is 0 Å². The van der Waals surface area contributed by atoms with E-state index in [1.54, 1.807) is 32.9 Å². The van der Waals surface area contributed by atoms with Crippen LogP contribution in [-0.2, 0) is 19.1 Å². The van der Waals surface area contributed by atoms with E-state index in [1.165, 1.54) is 33.5 Å². The summed E-state index contributed by atoms with van der Waals surface area (Å²) in [6.45, 7) is 4.74. The minimum atomic E-state index is -0.678. The Morgan fingerprint density at radius 2 is 1.52 bits per heavy atom. The Kier molecular flexibility index (Phi) is 7.29. The van der Waals surface area contributed by atoms with E-state index in [1.807, 2.05) is 0 Å². The lowest BCUT2D eigenvalue weighted by Crippen LogP contribution is -2.27. The van der Waals surface area contributed by atoms with Crippen LogP contribution in [0.2, 0.25) is 0 Å². The van der Waals surface area contributed by atoms with Gasteiger partial charge in [-0.25, -0.2) is 9.59 Å². The van der Waals surface area contributed by atoms with Gasteiger partial charge in [0, 0.05) is 17.7 Å². The van der Waals surface area contributed by atoms with Gasteiger partial charge in [-0.2, -0.15) is 0 Å². The van der Waals surface area contributed by atoms with E-state index in [9.17, 15) is 9.59 Å². The van der Waals surface area contributed by atoms with Gasteiger partial charge >= 0.3 is 11.9 Å². The number of benzene rings is 1. The molecule has 0 saturated carbocycles. The number of hydrogen-bond acceptors (Lipinski definition) is 7. The molecular formula is C18H24O7. The van der Waals surface area contributed by atoms with Crippen molar-refractivity contribution < 1.29 is 33.3 Å². The van der Waals surface area contributed by atoms with E-state index in [2.05, 4.69) is 0 Å². The Morgan fingerprint density at radius 1 is 0.960 bits per heavy atom. The van der Waals surface area contributed by atoms with E-state index in [-0.39, 0.29) is 0 Å². The molecule has 0 amide bonds. The van der Waals surface area contributed by atoms with Crippen LogP contribution in [0.15, 0.2) is 18.2 Å². The van der Waals surface area contributed by atoms with E-state index in [0.29, 0.717) is 22.8 Å². The van der Waals surface area contributed by atoms with Crippen LogP contribution in [0, 0.1) is 0 Å². The molecule has 0 unspecified atom stereocenters. The molecule has 0 bridgehead atoms. The average Bonchev–Trinajstić information content (AvgIpc) is 2.55. The van der Waals surface area contributed by atoms with Gasteiger partial charge < -0.3 is 23.7 Å². The first-order valence-corrected chi connectivity index (χ1v) is 7.57. The van der Waals surface area contributed by atoms with Gasteiger partial charge in [-0.15, -0.1) is 0 Å². The van der Waals surface area contributed by atoms with Gasteiger partial charge in [0.2, 0.25) is 0 Å². The molecule has 0 saturated heterocycles. The van der Waals surface area contributed by atoms with Gasteiger partial charge in [0.15, 0.2) is 18.1 Å². The van der Waals surface area contributed by atoms with Crippen molar-refractivity contribution in [1.29, 1.82) is 0 Å². The maximum Gasteiger partial charge on any atom is 0.344 e. The highest BCUT2D eigenvalue weighted by Crippen LogP contribution is 2.35. The van der Waals surface area contributed by atoms with Gasteiger partial charge in [0.25, 0.3) is 0 Å². The second-order valence-corrected chi connectivity index (χ2v) is 5.98. The molecule has 0 aliphatic rings. The van der Waals surface area contributed by atoms with Crippen LogP contribution in [0.4, 0.5) is 0 Å². The van der Waals surface area contributed by atoms with E-state index >= 15 is 0 Å². The van der Waals surface area contributed by atoms with Gasteiger partial charge in [-0.3, -0.25) is 0 Å². The van der Waals surface area contributed by atoms with Crippen LogP contribution in [-0.4, -0.2) is 45.5 Å². The lowest BCUT2D eigenvalue weighted by molar-refractivity contribution is -0.164. The Hall–Kier alpha value is -2.70. The van der Waals surface area contributed by atoms with Gasteiger partial charge in [0.05, 0.1) is 21.3 Å². The standard InChI is InChI=1S/C18H24O7/c1-18(2,3)25-17(20)11-24-16(19)8-7-12-9-14(22-5)15(23-6)10-13(12)21-4/h7-10H,11H2,1-6H3/b8-7+. The summed E-state index contributed by atoms with van der Waals surface area (Å²) in [5, 5.41) is 0. The van der Waals surface area contributed by atoms with Crippen molar-refractivity contribution in [2.24, 2.45) is 0 Å². The topological polar surface area (TPSA) is 80.3 Å². The van der Waals surface area contributed by atoms with Crippen LogP contribution in [0.5, 0.6) is 17.2 Å². The van der Waals surface area contributed by atoms with Crippen molar-refractivity contribution in [2.45, 2.75) is 26.4 Å². The third-order valence-corrected chi connectivity index (χ3v) is 2.89. The summed E-state index contributed by atoms with van der Waals surface area (Å²) in [4.78, 5) is 23.3. The fourth-order valence-corrected chi connectivity index (χ4v) is 1.89. The lowest BCUT2D eigenvalue weighted by Gasteiger charge is -2.19. The lowest BCUT2D eigenvalue weighted by atomic mass is 10.1. The highest BCUT2D eigenvalue weighted by Gasteiger charge is 2.17. The molecule has 7 heteroatoms. The summed E-state index contributed by atoms with van der Waals surface area (Å²) < 4.78 is 25.6. The SMILES string of the molecule is COc1cc(OC)c(OC)cc1/C=C/C(=O)OCC(=O)OC(C)(C)C. The third kappa shape index (κ3) is 6.74. The molecule has 0 fully saturated rings. The zero-order chi connectivity index (χ0) is 19.0. The van der Waals surface area contributed by atoms with Crippen LogP contribution in [0.3, 0.4) is 0 Å². The molecule has 1 aromatic rings. The highest BCUT2D eigenvalue weighted by atomic mass is 16.6. The Bertz CT molecular complexity index is 642. The first-order chi connectivity index (χ1) is 11.7. The summed E-state index contributed by atoms with van der Waals surface area (Å²) in [6.07, 6.45) is 2.69. The molecule has 0 aromatic heterocycles. The summed E-state index contributed by atoms with van der Waals surface area (Å²) in [5.41, 5.74) is -0.0406. The number of rotatable bonds is 7. The molecule has 1 rings (SSSR count). The van der Waals surface area contributed by atoms with Crippen molar-refractivity contribution in [3.8, 4) is 17.2 Å². The van der Waals surface area contributed by atoms with Crippen LogP contribution in [0.1, 0.15) is 26.3 Å². The minimum Gasteiger partial charge on any atom is -0.496 e. The van der Waals surface area contributed by atoms with E-state index in [4.69, 9.17) is 23.7 Å². The average molecular weight is 352 g/mol. The molecule has 7 nitrogen and oxygen atoms in total. The smallest absolute Gasteiger partial charge is 0.344 e. The first kappa shape index (κ1) is 20.3. The Labute approximate surface area is 147 Å². The number of carbonyl (C=O) groups excluding carboxylic acids is 2. The molecule has 0 N–H and O–H groups in total. The molecule has 0 aliphatic heterocycles. The van der Waals surface area contributed by atoms with E-state index < -0.39 is 24.1 Å². The number of carbonyl (C=O) groups is 2. The van der Waals surface area contributed by atoms with Gasteiger partial charge in [0.1, 0.15) is 11.4 Å². The van der Waals surface area contributed by atoms with Crippen molar-refractivity contribution in [1.82, 2.24) is 0 Å². The molecule has 0 spiro atoms. The normalized spacial score (nSPS) is 11.1. The second-order valence-electron chi connectivity index (χ2n) is 5.98. The van der Waals surface area contributed by atoms with Crippen molar-refractivity contribution in [2.75, 3.05) is 27.9 Å². The summed E-state index contributed by atoms with van der Waals surface area (Å²) in [7, 11) is 4.52. The fraction of sp³-hybridized carbons (Fsp3) is 0.444. The predicted octanol–water partition coefficient (Wildman–Crippen LogP) is 2.61. The minimum absolute atomic E-state index is 0.455. The van der Waals surface area contributed by atoms with Gasteiger partial charge in [-0.05, 0) is 32.9 Å². The van der Waals surface area contributed by atoms with Crippen molar-refractivity contribution >= 4 is 18.0 Å². The quantitative estimate of drug-likeness (QED) is 0.551. The zero-order valence-electron chi connectivity index (χ0n) is 15.4. The summed E-state index contributed by atoms with van der Waals surface area (Å²) in [6, 6.07) is 3.31. The Morgan fingerprint density at radius 3 is 2.04 bits per heavy atom. The number of hydrogen-bond donors (Lipinski definition) is 0. The highest BCUT2D eigenvalue weighted by molar-refractivity contribution is 5.89. The molecule has 25 heavy (non-hydrogen) atoms. The number of methoxy groups -OCH3 is 3. The molecule has 138 valence electrons. The third-order valence-electron chi connectivity index (χ3n) is 2.89. The molecule has 0 aliphatic carbocycles. The van der Waals surface area contributed by atoms with Crippen LogP contribution in [0.25, 0.3) is 6.08 Å². The van der Waals surface area contributed by atoms with Gasteiger partial charge in [-0.1, -0.05) is 0 Å². The summed E-state index contributed by atoms with van der Waals surface area (Å²) in [5.74, 6) is 0.198. The number of esters is 2. The van der Waals surface area contributed by atoms with Crippen molar-refractivity contribution in [3.63, 3.8) is 0 Å². The Balaban J connectivity index is 2.77. The first-order valence-electron chi connectivity index (χ1n) is 7.57. The predicted molar refractivity (Wildman–Crippen MR) is 91.9 cm³/mol. The fourth-order valence-electron chi connectivity index (χ4n) is 1.89. The maximum absolute atomic E-state index is 11.8. The zero-order valence-corrected chi connectivity index (χ0v) is 15.4. The molecule has 1 aromatic carbocycles. The van der Waals surface area contributed by atoms with E-state index in [0.717, 1.165) is 0 Å². The largest absolute Gasteiger partial charge is 0.496 e. The molecule has 0 radical (unpaired) electrons. The second kappa shape index (κ2) is 8.96. The maximum atomic E-state index is 11.8. The number of ether oxygens (including phenoxy) is 5. The summed E-state index contributed by atoms with van der Waals surface area (Å²) >= 11 is 0. The van der Waals surface area contributed by atoms with Crippen LogP contribution < -0.4 is 14.2 Å². The molecular weight excluding hydrogens is 328 g/mol. The monoisotopic (exact) mass is 352 g/mol. The molecule has 0 heterocycles. The molecule has 0 atom stereocenters. The van der Waals surface area contributed by atoms with Crippen molar-refractivity contribution in [3.05, 3.63) is 23.8 Å².